The second-order valence-electron chi connectivity index (χ2n) is 6.31. The van der Waals surface area contributed by atoms with Crippen molar-refractivity contribution in [3.63, 3.8) is 0 Å². The number of aromatic nitrogens is 1. The van der Waals surface area contributed by atoms with Crippen molar-refractivity contribution in [3.8, 4) is 22.8 Å². The zero-order valence-corrected chi connectivity index (χ0v) is 14.4. The summed E-state index contributed by atoms with van der Waals surface area (Å²) in [6, 6.07) is 7.27. The molecule has 136 valence electrons. The summed E-state index contributed by atoms with van der Waals surface area (Å²) in [4.78, 5) is 27.3. The van der Waals surface area contributed by atoms with Crippen LogP contribution in [-0.4, -0.2) is 59.7 Å². The molecule has 2 aliphatic rings. The van der Waals surface area contributed by atoms with Crippen molar-refractivity contribution in [3.05, 3.63) is 30.0 Å². The molecule has 2 amide bonds. The van der Waals surface area contributed by atoms with E-state index in [-0.39, 0.29) is 25.0 Å². The van der Waals surface area contributed by atoms with Gasteiger partial charge in [-0.3, -0.25) is 9.59 Å². The topological polar surface area (TPSA) is 85.1 Å². The average molecular weight is 357 g/mol. The van der Waals surface area contributed by atoms with Crippen LogP contribution in [-0.2, 0) is 16.0 Å². The van der Waals surface area contributed by atoms with E-state index >= 15 is 0 Å². The lowest BCUT2D eigenvalue weighted by atomic mass is 10.1. The molecule has 0 bridgehead atoms. The fourth-order valence-electron chi connectivity index (χ4n) is 3.12. The SMILES string of the molecule is CC(=O)N1CCN(C(=O)Cc2cc(-c3ccc4c(c3)OCO4)on2)CC1. The summed E-state index contributed by atoms with van der Waals surface area (Å²) in [6.45, 7) is 4.00. The number of carbonyl (C=O) groups is 2. The molecule has 26 heavy (non-hydrogen) atoms. The number of hydrogen-bond acceptors (Lipinski definition) is 6. The fourth-order valence-corrected chi connectivity index (χ4v) is 3.12. The predicted molar refractivity (Wildman–Crippen MR) is 90.6 cm³/mol. The summed E-state index contributed by atoms with van der Waals surface area (Å²) in [5.74, 6) is 1.97. The number of amides is 2. The van der Waals surface area contributed by atoms with E-state index in [2.05, 4.69) is 5.16 Å². The highest BCUT2D eigenvalue weighted by Gasteiger charge is 2.23. The van der Waals surface area contributed by atoms with Crippen molar-refractivity contribution in [2.45, 2.75) is 13.3 Å². The molecule has 0 N–H and O–H groups in total. The Morgan fingerprint density at radius 3 is 2.54 bits per heavy atom. The van der Waals surface area contributed by atoms with E-state index in [4.69, 9.17) is 14.0 Å². The Kier molecular flexibility index (Phi) is 4.24. The van der Waals surface area contributed by atoms with Gasteiger partial charge in [-0.2, -0.15) is 0 Å². The highest BCUT2D eigenvalue weighted by Crippen LogP contribution is 2.36. The van der Waals surface area contributed by atoms with Gasteiger partial charge >= 0.3 is 0 Å². The van der Waals surface area contributed by atoms with E-state index in [1.165, 1.54) is 0 Å². The van der Waals surface area contributed by atoms with Gasteiger partial charge in [0.05, 0.1) is 12.1 Å². The number of hydrogen-bond donors (Lipinski definition) is 0. The lowest BCUT2D eigenvalue weighted by Gasteiger charge is -2.34. The molecule has 1 fully saturated rings. The molecule has 3 heterocycles. The van der Waals surface area contributed by atoms with Gasteiger partial charge in [0.2, 0.25) is 18.6 Å². The standard InChI is InChI=1S/C18H19N3O5/c1-12(22)20-4-6-21(7-5-20)18(23)10-14-9-16(26-19-14)13-2-3-15-17(8-13)25-11-24-15/h2-3,8-9H,4-7,10-11H2,1H3. The Bertz CT molecular complexity index is 839. The molecule has 0 radical (unpaired) electrons. The van der Waals surface area contributed by atoms with Gasteiger partial charge < -0.3 is 23.8 Å². The first kappa shape index (κ1) is 16.4. The molecular weight excluding hydrogens is 338 g/mol. The van der Waals surface area contributed by atoms with Crippen LogP contribution in [0.15, 0.2) is 28.8 Å². The van der Waals surface area contributed by atoms with Crippen LogP contribution in [0.4, 0.5) is 0 Å². The normalized spacial score (nSPS) is 16.0. The monoisotopic (exact) mass is 357 g/mol. The van der Waals surface area contributed by atoms with Gasteiger partial charge in [-0.25, -0.2) is 0 Å². The third-order valence-corrected chi connectivity index (χ3v) is 4.63. The van der Waals surface area contributed by atoms with Gasteiger partial charge in [0.25, 0.3) is 0 Å². The van der Waals surface area contributed by atoms with Crippen LogP contribution in [0.2, 0.25) is 0 Å². The quantitative estimate of drug-likeness (QED) is 0.823. The predicted octanol–water partition coefficient (Wildman–Crippen LogP) is 1.30. The van der Waals surface area contributed by atoms with Crippen molar-refractivity contribution < 1.29 is 23.6 Å². The maximum Gasteiger partial charge on any atom is 0.231 e. The summed E-state index contributed by atoms with van der Waals surface area (Å²) < 4.78 is 16.0. The summed E-state index contributed by atoms with van der Waals surface area (Å²) in [5.41, 5.74) is 1.40. The third-order valence-electron chi connectivity index (χ3n) is 4.63. The highest BCUT2D eigenvalue weighted by molar-refractivity contribution is 5.79. The second-order valence-corrected chi connectivity index (χ2v) is 6.31. The van der Waals surface area contributed by atoms with E-state index in [0.29, 0.717) is 49.1 Å². The van der Waals surface area contributed by atoms with Gasteiger partial charge in [0, 0.05) is 44.7 Å². The molecule has 0 saturated carbocycles. The summed E-state index contributed by atoms with van der Waals surface area (Å²) in [5, 5.41) is 4.01. The van der Waals surface area contributed by atoms with Crippen LogP contribution in [0, 0.1) is 0 Å². The minimum Gasteiger partial charge on any atom is -0.454 e. The largest absolute Gasteiger partial charge is 0.454 e. The first-order chi connectivity index (χ1) is 12.6. The lowest BCUT2D eigenvalue weighted by Crippen LogP contribution is -2.50. The molecule has 0 aliphatic carbocycles. The number of carbonyl (C=O) groups excluding carboxylic acids is 2. The van der Waals surface area contributed by atoms with Crippen LogP contribution in [0.5, 0.6) is 11.5 Å². The molecule has 1 saturated heterocycles. The average Bonchev–Trinajstić information content (AvgIpc) is 3.30. The van der Waals surface area contributed by atoms with Crippen molar-refractivity contribution >= 4 is 11.8 Å². The molecule has 0 unspecified atom stereocenters. The van der Waals surface area contributed by atoms with Crippen molar-refractivity contribution in [1.82, 2.24) is 15.0 Å². The van der Waals surface area contributed by atoms with E-state index < -0.39 is 0 Å². The lowest BCUT2D eigenvalue weighted by molar-refractivity contribution is -0.138. The Labute approximate surface area is 150 Å². The maximum absolute atomic E-state index is 12.4. The summed E-state index contributed by atoms with van der Waals surface area (Å²) >= 11 is 0. The molecule has 8 nitrogen and oxygen atoms in total. The molecule has 8 heteroatoms. The van der Waals surface area contributed by atoms with Gasteiger partial charge in [-0.05, 0) is 18.2 Å². The molecule has 0 spiro atoms. The van der Waals surface area contributed by atoms with Crippen LogP contribution in [0.3, 0.4) is 0 Å². The Morgan fingerprint density at radius 1 is 1.04 bits per heavy atom. The second kappa shape index (κ2) is 6.70. The van der Waals surface area contributed by atoms with Gasteiger partial charge in [-0.1, -0.05) is 5.16 Å². The van der Waals surface area contributed by atoms with Crippen LogP contribution in [0.25, 0.3) is 11.3 Å². The van der Waals surface area contributed by atoms with Gasteiger partial charge in [-0.15, -0.1) is 0 Å². The molecule has 2 aliphatic heterocycles. The smallest absolute Gasteiger partial charge is 0.231 e. The van der Waals surface area contributed by atoms with E-state index in [9.17, 15) is 9.59 Å². The third kappa shape index (κ3) is 3.22. The summed E-state index contributed by atoms with van der Waals surface area (Å²) in [7, 11) is 0. The van der Waals surface area contributed by atoms with Crippen LogP contribution >= 0.6 is 0 Å². The number of nitrogens with zero attached hydrogens (tertiary/aromatic N) is 3. The molecule has 1 aromatic heterocycles. The number of piperazine rings is 1. The van der Waals surface area contributed by atoms with E-state index in [1.807, 2.05) is 18.2 Å². The molecule has 0 atom stereocenters. The minimum atomic E-state index is -0.0151. The first-order valence-corrected chi connectivity index (χ1v) is 8.49. The summed E-state index contributed by atoms with van der Waals surface area (Å²) in [6.07, 6.45) is 0.175. The molecule has 1 aromatic carbocycles. The van der Waals surface area contributed by atoms with Gasteiger partial charge in [0.1, 0.15) is 0 Å². The number of ether oxygens (including phenoxy) is 2. The van der Waals surface area contributed by atoms with Crippen molar-refractivity contribution in [2.75, 3.05) is 33.0 Å². The number of fused-ring (bicyclic) bond motifs is 1. The number of benzene rings is 1. The number of rotatable bonds is 3. The fraction of sp³-hybridized carbons (Fsp3) is 0.389. The first-order valence-electron chi connectivity index (χ1n) is 8.49. The zero-order chi connectivity index (χ0) is 18.1. The van der Waals surface area contributed by atoms with Crippen LogP contribution in [0.1, 0.15) is 12.6 Å². The van der Waals surface area contributed by atoms with E-state index in [1.54, 1.807) is 22.8 Å². The molecule has 2 aromatic rings. The maximum atomic E-state index is 12.4. The Morgan fingerprint density at radius 2 is 1.77 bits per heavy atom. The van der Waals surface area contributed by atoms with Gasteiger partial charge in [0.15, 0.2) is 17.3 Å². The van der Waals surface area contributed by atoms with Crippen LogP contribution < -0.4 is 9.47 Å². The Balaban J connectivity index is 1.39. The van der Waals surface area contributed by atoms with Crippen molar-refractivity contribution in [2.24, 2.45) is 0 Å². The molecule has 4 rings (SSSR count). The van der Waals surface area contributed by atoms with E-state index in [0.717, 1.165) is 5.56 Å². The minimum absolute atomic E-state index is 0.0151. The Hall–Kier alpha value is -3.03. The molecular formula is C18H19N3O5. The highest BCUT2D eigenvalue weighted by atomic mass is 16.7. The van der Waals surface area contributed by atoms with Crippen molar-refractivity contribution in [1.29, 1.82) is 0 Å². The zero-order valence-electron chi connectivity index (χ0n) is 14.4.